The predicted molar refractivity (Wildman–Crippen MR) is 73.8 cm³/mol. The lowest BCUT2D eigenvalue weighted by Crippen LogP contribution is -2.21. The van der Waals surface area contributed by atoms with Gasteiger partial charge in [0, 0.05) is 6.04 Å². The molecule has 1 unspecified atom stereocenters. The van der Waals surface area contributed by atoms with Gasteiger partial charge < -0.3 is 10.1 Å². The van der Waals surface area contributed by atoms with E-state index in [1.165, 1.54) is 6.07 Å². The molecule has 0 amide bonds. The highest BCUT2D eigenvalue weighted by atomic mass is 16.4. The van der Waals surface area contributed by atoms with Crippen molar-refractivity contribution in [3.05, 3.63) is 34.2 Å². The van der Waals surface area contributed by atoms with Gasteiger partial charge in [-0.1, -0.05) is 25.8 Å². The minimum atomic E-state index is -1.01. The van der Waals surface area contributed by atoms with Gasteiger partial charge in [-0.25, -0.2) is 9.59 Å². The summed E-state index contributed by atoms with van der Waals surface area (Å²) in [6.45, 7) is 4.04. The first-order valence-corrected chi connectivity index (χ1v) is 6.52. The number of carboxylic acids is 1. The zero-order valence-electron chi connectivity index (χ0n) is 11.1. The van der Waals surface area contributed by atoms with Crippen LogP contribution in [0.25, 0.3) is 11.0 Å². The normalized spacial score (nSPS) is 12.7. The van der Waals surface area contributed by atoms with Gasteiger partial charge in [0.2, 0.25) is 0 Å². The average molecular weight is 262 g/mol. The van der Waals surface area contributed by atoms with Crippen molar-refractivity contribution in [1.29, 1.82) is 0 Å². The van der Waals surface area contributed by atoms with Gasteiger partial charge in [-0.3, -0.25) is 4.57 Å². The van der Waals surface area contributed by atoms with Crippen LogP contribution in [0.5, 0.6) is 0 Å². The highest BCUT2D eigenvalue weighted by molar-refractivity contribution is 6.01. The van der Waals surface area contributed by atoms with E-state index in [2.05, 4.69) is 11.9 Å². The number of aromatic nitrogens is 2. The molecular weight excluding hydrogens is 244 g/mol. The SMILES string of the molecule is CCCCC(C)n1c(=O)[nH]c2cccc(C(=O)O)c21. The molecule has 1 heterocycles. The van der Waals surface area contributed by atoms with Crippen molar-refractivity contribution in [2.75, 3.05) is 0 Å². The Labute approximate surface area is 110 Å². The Morgan fingerprint density at radius 2 is 2.21 bits per heavy atom. The average Bonchev–Trinajstić information content (AvgIpc) is 2.71. The topological polar surface area (TPSA) is 75.1 Å². The number of aromatic amines is 1. The lowest BCUT2D eigenvalue weighted by molar-refractivity contribution is 0.0698. The van der Waals surface area contributed by atoms with E-state index in [0.29, 0.717) is 11.0 Å². The lowest BCUT2D eigenvalue weighted by atomic mass is 10.1. The number of aromatic carboxylic acids is 1. The number of unbranched alkanes of at least 4 members (excludes halogenated alkanes) is 1. The second kappa shape index (κ2) is 5.30. The van der Waals surface area contributed by atoms with Crippen LogP contribution in [0.15, 0.2) is 23.0 Å². The monoisotopic (exact) mass is 262 g/mol. The fourth-order valence-corrected chi connectivity index (χ4v) is 2.40. The molecule has 0 spiro atoms. The number of H-pyrrole nitrogens is 1. The van der Waals surface area contributed by atoms with Crippen molar-refractivity contribution in [3.63, 3.8) is 0 Å². The molecule has 2 rings (SSSR count). The summed E-state index contributed by atoms with van der Waals surface area (Å²) in [6.07, 6.45) is 2.92. The molecule has 5 nitrogen and oxygen atoms in total. The second-order valence-electron chi connectivity index (χ2n) is 4.80. The minimum Gasteiger partial charge on any atom is -0.478 e. The third-order valence-corrected chi connectivity index (χ3v) is 3.38. The molecule has 0 fully saturated rings. The van der Waals surface area contributed by atoms with E-state index in [1.807, 2.05) is 6.92 Å². The van der Waals surface area contributed by atoms with Crippen LogP contribution in [0.1, 0.15) is 49.5 Å². The molecule has 2 N–H and O–H groups in total. The van der Waals surface area contributed by atoms with E-state index in [1.54, 1.807) is 16.7 Å². The zero-order valence-corrected chi connectivity index (χ0v) is 11.1. The molecule has 0 aliphatic heterocycles. The number of imidazole rings is 1. The fraction of sp³-hybridized carbons (Fsp3) is 0.429. The van der Waals surface area contributed by atoms with Crippen LogP contribution in [-0.2, 0) is 0 Å². The number of nitrogens with zero attached hydrogens (tertiary/aromatic N) is 1. The van der Waals surface area contributed by atoms with Crippen molar-refractivity contribution >= 4 is 17.0 Å². The van der Waals surface area contributed by atoms with Crippen molar-refractivity contribution in [3.8, 4) is 0 Å². The largest absolute Gasteiger partial charge is 0.478 e. The van der Waals surface area contributed by atoms with Crippen LogP contribution in [0.2, 0.25) is 0 Å². The molecular formula is C14H18N2O3. The Kier molecular flexibility index (Phi) is 3.74. The summed E-state index contributed by atoms with van der Waals surface area (Å²) >= 11 is 0. The number of rotatable bonds is 5. The van der Waals surface area contributed by atoms with E-state index in [9.17, 15) is 14.7 Å². The molecule has 0 aliphatic carbocycles. The molecule has 102 valence electrons. The summed E-state index contributed by atoms with van der Waals surface area (Å²) < 4.78 is 1.56. The van der Waals surface area contributed by atoms with Gasteiger partial charge in [0.05, 0.1) is 16.6 Å². The predicted octanol–water partition coefficient (Wildman–Crippen LogP) is 2.78. The second-order valence-corrected chi connectivity index (χ2v) is 4.80. The van der Waals surface area contributed by atoms with E-state index < -0.39 is 5.97 Å². The minimum absolute atomic E-state index is 0.0123. The van der Waals surface area contributed by atoms with Crippen LogP contribution in [-0.4, -0.2) is 20.6 Å². The third kappa shape index (κ3) is 2.41. The molecule has 1 atom stereocenters. The number of carbonyl (C=O) groups is 1. The number of carboxylic acid groups (broad SMARTS) is 1. The molecule has 19 heavy (non-hydrogen) atoms. The van der Waals surface area contributed by atoms with Gasteiger partial charge in [0.1, 0.15) is 0 Å². The molecule has 0 saturated heterocycles. The quantitative estimate of drug-likeness (QED) is 0.870. The van der Waals surface area contributed by atoms with Crippen molar-refractivity contribution in [1.82, 2.24) is 9.55 Å². The maximum atomic E-state index is 12.0. The number of para-hydroxylation sites is 1. The standard InChI is InChI=1S/C14H18N2O3/c1-3-4-6-9(2)16-12-10(13(17)18)7-5-8-11(12)15-14(16)19/h5,7-9H,3-4,6H2,1-2H3,(H,15,19)(H,17,18). The highest BCUT2D eigenvalue weighted by Crippen LogP contribution is 2.22. The van der Waals surface area contributed by atoms with Crippen molar-refractivity contribution < 1.29 is 9.90 Å². The first-order chi connectivity index (χ1) is 9.06. The molecule has 0 aliphatic rings. The van der Waals surface area contributed by atoms with Crippen LogP contribution in [0.4, 0.5) is 0 Å². The van der Waals surface area contributed by atoms with Crippen LogP contribution >= 0.6 is 0 Å². The smallest absolute Gasteiger partial charge is 0.337 e. The van der Waals surface area contributed by atoms with Gasteiger partial charge in [-0.15, -0.1) is 0 Å². The Balaban J connectivity index is 2.62. The Bertz CT molecular complexity index is 654. The van der Waals surface area contributed by atoms with Crippen molar-refractivity contribution in [2.45, 2.75) is 39.2 Å². The zero-order chi connectivity index (χ0) is 14.0. The highest BCUT2D eigenvalue weighted by Gasteiger charge is 2.18. The Morgan fingerprint density at radius 1 is 1.47 bits per heavy atom. The van der Waals surface area contributed by atoms with Gasteiger partial charge in [0.25, 0.3) is 0 Å². The molecule has 0 radical (unpaired) electrons. The van der Waals surface area contributed by atoms with E-state index in [0.717, 1.165) is 19.3 Å². The number of nitrogens with one attached hydrogen (secondary N) is 1. The molecule has 5 heteroatoms. The summed E-state index contributed by atoms with van der Waals surface area (Å²) in [5.74, 6) is -1.01. The van der Waals surface area contributed by atoms with Crippen LogP contribution in [0.3, 0.4) is 0 Å². The maximum absolute atomic E-state index is 12.0. The van der Waals surface area contributed by atoms with Crippen LogP contribution < -0.4 is 5.69 Å². The summed E-state index contributed by atoms with van der Waals surface area (Å²) in [4.78, 5) is 26.0. The molecule has 1 aromatic heterocycles. The first kappa shape index (κ1) is 13.4. The summed E-state index contributed by atoms with van der Waals surface area (Å²) in [7, 11) is 0. The van der Waals surface area contributed by atoms with E-state index in [4.69, 9.17) is 0 Å². The number of benzene rings is 1. The van der Waals surface area contributed by atoms with E-state index in [-0.39, 0.29) is 17.3 Å². The third-order valence-electron chi connectivity index (χ3n) is 3.38. The molecule has 0 bridgehead atoms. The van der Waals surface area contributed by atoms with Gasteiger partial charge in [-0.2, -0.15) is 0 Å². The molecule has 0 saturated carbocycles. The summed E-state index contributed by atoms with van der Waals surface area (Å²) in [5.41, 5.74) is 0.989. The number of hydrogen-bond donors (Lipinski definition) is 2. The van der Waals surface area contributed by atoms with Gasteiger partial charge in [-0.05, 0) is 25.5 Å². The lowest BCUT2D eigenvalue weighted by Gasteiger charge is -2.13. The van der Waals surface area contributed by atoms with Gasteiger partial charge in [0.15, 0.2) is 0 Å². The molecule has 1 aromatic carbocycles. The first-order valence-electron chi connectivity index (χ1n) is 6.52. The summed E-state index contributed by atoms with van der Waals surface area (Å²) in [5, 5.41) is 9.25. The summed E-state index contributed by atoms with van der Waals surface area (Å²) in [6, 6.07) is 4.89. The van der Waals surface area contributed by atoms with Crippen molar-refractivity contribution in [2.24, 2.45) is 0 Å². The van der Waals surface area contributed by atoms with Crippen LogP contribution in [0, 0.1) is 0 Å². The number of hydrogen-bond acceptors (Lipinski definition) is 2. The molecule has 2 aromatic rings. The van der Waals surface area contributed by atoms with E-state index >= 15 is 0 Å². The Hall–Kier alpha value is -2.04. The fourth-order valence-electron chi connectivity index (χ4n) is 2.40. The van der Waals surface area contributed by atoms with Gasteiger partial charge >= 0.3 is 11.7 Å². The maximum Gasteiger partial charge on any atom is 0.337 e. The Morgan fingerprint density at radius 3 is 2.84 bits per heavy atom. The number of fused-ring (bicyclic) bond motifs is 1.